The molecule has 0 aliphatic heterocycles. The van der Waals surface area contributed by atoms with Crippen LogP contribution in [0.2, 0.25) is 5.02 Å². The van der Waals surface area contributed by atoms with Crippen LogP contribution in [0.1, 0.15) is 4.88 Å². The third kappa shape index (κ3) is 3.31. The largest absolute Gasteiger partial charge is 0.399 e. The summed E-state index contributed by atoms with van der Waals surface area (Å²) in [6.45, 7) is 0. The Hall–Kier alpha value is -0.840. The van der Waals surface area contributed by atoms with E-state index in [-0.39, 0.29) is 0 Å². The second kappa shape index (κ2) is 5.67. The molecule has 1 unspecified atom stereocenters. The smallest absolute Gasteiger partial charge is 0.0594 e. The summed E-state index contributed by atoms with van der Waals surface area (Å²) in [5, 5.41) is 2.54. The molecule has 0 spiro atoms. The first-order chi connectivity index (χ1) is 8.16. The number of nitrogen functional groups attached to an aromatic ring is 1. The number of halogens is 1. The summed E-state index contributed by atoms with van der Waals surface area (Å²) in [5.74, 6) is 0.573. The zero-order valence-corrected chi connectivity index (χ0v) is 11.4. The molecule has 90 valence electrons. The molecule has 17 heavy (non-hydrogen) atoms. The Kier molecular flexibility index (Phi) is 4.20. The minimum atomic E-state index is -1.10. The lowest BCUT2D eigenvalue weighted by molar-refractivity contribution is 0.682. The van der Waals surface area contributed by atoms with Gasteiger partial charge in [-0.15, -0.1) is 11.3 Å². The zero-order valence-electron chi connectivity index (χ0n) is 9.06. The third-order valence-electron chi connectivity index (χ3n) is 2.31. The molecule has 0 radical (unpaired) electrons. The number of hydrogen-bond donors (Lipinski definition) is 1. The standard InChI is InChI=1S/C12H12ClNOS2/c13-11-4-3-9(14)8-12(11)17(15)7-5-10-2-1-6-16-10/h1-4,6,8H,5,7,14H2. The van der Waals surface area contributed by atoms with Crippen LogP contribution in [-0.4, -0.2) is 9.96 Å². The zero-order chi connectivity index (χ0) is 12.3. The van der Waals surface area contributed by atoms with Crippen LogP contribution in [0.3, 0.4) is 0 Å². The monoisotopic (exact) mass is 285 g/mol. The molecule has 1 aromatic carbocycles. The number of hydrogen-bond acceptors (Lipinski definition) is 3. The number of nitrogens with two attached hydrogens (primary N) is 1. The molecule has 2 nitrogen and oxygen atoms in total. The Morgan fingerprint density at radius 1 is 1.35 bits per heavy atom. The van der Waals surface area contributed by atoms with E-state index in [0.717, 1.165) is 6.42 Å². The molecule has 5 heteroatoms. The van der Waals surface area contributed by atoms with Crippen molar-refractivity contribution in [1.29, 1.82) is 0 Å². The van der Waals surface area contributed by atoms with Gasteiger partial charge in [-0.25, -0.2) is 0 Å². The lowest BCUT2D eigenvalue weighted by Crippen LogP contribution is -2.02. The summed E-state index contributed by atoms with van der Waals surface area (Å²) in [4.78, 5) is 1.86. The van der Waals surface area contributed by atoms with Crippen molar-refractivity contribution in [3.8, 4) is 0 Å². The van der Waals surface area contributed by atoms with Gasteiger partial charge in [0.1, 0.15) is 0 Å². The fourth-order valence-corrected chi connectivity index (χ4v) is 3.84. The van der Waals surface area contributed by atoms with Gasteiger partial charge < -0.3 is 5.73 Å². The molecule has 1 heterocycles. The van der Waals surface area contributed by atoms with E-state index in [0.29, 0.717) is 21.4 Å². The van der Waals surface area contributed by atoms with Gasteiger partial charge in [-0.1, -0.05) is 17.7 Å². The summed E-state index contributed by atoms with van der Waals surface area (Å²) in [6.07, 6.45) is 0.801. The summed E-state index contributed by atoms with van der Waals surface area (Å²) in [7, 11) is -1.10. The number of benzene rings is 1. The highest BCUT2D eigenvalue weighted by Gasteiger charge is 2.09. The first kappa shape index (κ1) is 12.6. The van der Waals surface area contributed by atoms with E-state index in [1.165, 1.54) is 4.88 Å². The Labute approximate surface area is 112 Å². The van der Waals surface area contributed by atoms with Crippen LogP contribution in [0.15, 0.2) is 40.6 Å². The van der Waals surface area contributed by atoms with E-state index in [1.54, 1.807) is 29.5 Å². The fraction of sp³-hybridized carbons (Fsp3) is 0.167. The molecule has 0 amide bonds. The molecular formula is C12H12ClNOS2. The molecular weight excluding hydrogens is 274 g/mol. The fourth-order valence-electron chi connectivity index (χ4n) is 1.45. The minimum absolute atomic E-state index is 0.517. The Bertz CT molecular complexity index is 525. The lowest BCUT2D eigenvalue weighted by atomic mass is 10.3. The Morgan fingerprint density at radius 3 is 2.88 bits per heavy atom. The first-order valence-electron chi connectivity index (χ1n) is 5.12. The summed E-state index contributed by atoms with van der Waals surface area (Å²) in [6, 6.07) is 9.13. The van der Waals surface area contributed by atoms with Gasteiger partial charge in [0, 0.05) is 16.3 Å². The van der Waals surface area contributed by atoms with E-state index >= 15 is 0 Å². The Morgan fingerprint density at radius 2 is 2.18 bits per heavy atom. The molecule has 0 saturated carbocycles. The first-order valence-corrected chi connectivity index (χ1v) is 7.70. The number of rotatable bonds is 4. The second-order valence-electron chi connectivity index (χ2n) is 3.57. The van der Waals surface area contributed by atoms with Crippen molar-refractivity contribution >= 4 is 39.4 Å². The van der Waals surface area contributed by atoms with Crippen molar-refractivity contribution in [3.05, 3.63) is 45.6 Å². The van der Waals surface area contributed by atoms with Crippen LogP contribution in [0, 0.1) is 0 Å². The highest BCUT2D eigenvalue weighted by molar-refractivity contribution is 7.85. The van der Waals surface area contributed by atoms with Gasteiger partial charge in [-0.2, -0.15) is 0 Å². The average Bonchev–Trinajstić information content (AvgIpc) is 2.82. The van der Waals surface area contributed by atoms with Gasteiger partial charge in [-0.05, 0) is 36.1 Å². The summed E-state index contributed by atoms with van der Waals surface area (Å²) >= 11 is 7.68. The summed E-state index contributed by atoms with van der Waals surface area (Å²) in [5.41, 5.74) is 6.26. The maximum Gasteiger partial charge on any atom is 0.0594 e. The van der Waals surface area contributed by atoms with Crippen molar-refractivity contribution in [2.75, 3.05) is 11.5 Å². The van der Waals surface area contributed by atoms with E-state index in [1.807, 2.05) is 17.5 Å². The lowest BCUT2D eigenvalue weighted by Gasteiger charge is -2.05. The van der Waals surface area contributed by atoms with Crippen LogP contribution in [0.4, 0.5) is 5.69 Å². The van der Waals surface area contributed by atoms with E-state index < -0.39 is 10.8 Å². The van der Waals surface area contributed by atoms with Crippen LogP contribution in [0.5, 0.6) is 0 Å². The topological polar surface area (TPSA) is 43.1 Å². The second-order valence-corrected chi connectivity index (χ2v) is 6.55. The van der Waals surface area contributed by atoms with Gasteiger partial charge in [0.15, 0.2) is 0 Å². The van der Waals surface area contributed by atoms with E-state index in [4.69, 9.17) is 17.3 Å². The quantitative estimate of drug-likeness (QED) is 0.876. The maximum atomic E-state index is 12.1. The van der Waals surface area contributed by atoms with E-state index in [9.17, 15) is 4.21 Å². The van der Waals surface area contributed by atoms with E-state index in [2.05, 4.69) is 0 Å². The minimum Gasteiger partial charge on any atom is -0.399 e. The van der Waals surface area contributed by atoms with Gasteiger partial charge in [0.2, 0.25) is 0 Å². The predicted molar refractivity (Wildman–Crippen MR) is 75.2 cm³/mol. The highest BCUT2D eigenvalue weighted by atomic mass is 35.5. The molecule has 0 fully saturated rings. The summed E-state index contributed by atoms with van der Waals surface area (Å²) < 4.78 is 12.1. The molecule has 2 rings (SSSR count). The number of anilines is 1. The van der Waals surface area contributed by atoms with Crippen molar-refractivity contribution in [3.63, 3.8) is 0 Å². The van der Waals surface area contributed by atoms with Crippen LogP contribution in [0.25, 0.3) is 0 Å². The van der Waals surface area contributed by atoms with Crippen molar-refractivity contribution < 1.29 is 4.21 Å². The van der Waals surface area contributed by atoms with Gasteiger partial charge in [0.05, 0.1) is 20.7 Å². The van der Waals surface area contributed by atoms with Gasteiger partial charge in [-0.3, -0.25) is 4.21 Å². The molecule has 1 atom stereocenters. The molecule has 1 aromatic heterocycles. The van der Waals surface area contributed by atoms with Crippen molar-refractivity contribution in [2.45, 2.75) is 11.3 Å². The molecule has 2 N–H and O–H groups in total. The Balaban J connectivity index is 2.07. The molecule has 2 aromatic rings. The normalized spacial score (nSPS) is 12.5. The number of thiophene rings is 1. The average molecular weight is 286 g/mol. The van der Waals surface area contributed by atoms with Crippen LogP contribution < -0.4 is 5.73 Å². The highest BCUT2D eigenvalue weighted by Crippen LogP contribution is 2.23. The van der Waals surface area contributed by atoms with Crippen LogP contribution >= 0.6 is 22.9 Å². The van der Waals surface area contributed by atoms with Crippen LogP contribution in [-0.2, 0) is 17.2 Å². The molecule has 0 bridgehead atoms. The maximum absolute atomic E-state index is 12.1. The third-order valence-corrected chi connectivity index (χ3v) is 5.10. The SMILES string of the molecule is Nc1ccc(Cl)c(S(=O)CCc2cccs2)c1. The van der Waals surface area contributed by atoms with Crippen molar-refractivity contribution in [1.82, 2.24) is 0 Å². The molecule has 0 aliphatic carbocycles. The predicted octanol–water partition coefficient (Wildman–Crippen LogP) is 3.33. The van der Waals surface area contributed by atoms with Gasteiger partial charge in [0.25, 0.3) is 0 Å². The van der Waals surface area contributed by atoms with Crippen molar-refractivity contribution in [2.24, 2.45) is 0 Å². The molecule has 0 aliphatic rings. The molecule has 0 saturated heterocycles. The number of aryl methyl sites for hydroxylation is 1. The van der Waals surface area contributed by atoms with Gasteiger partial charge >= 0.3 is 0 Å².